The standard InChI is InChI=1S/C28H35FN6O5/c1-16(2)12-23-25-19(20(29)14-30-23)13-18(31-25)15-35-17(3)10-11-22(27(35)38)32-26(37)21(33-28(39)40)8-6-7-9-24(36)34(4)5/h7,9-11,13-14,16,21,31,33H,6,8,12,15H2,1-5H3,(H,32,37)(H,39,40)/b9-7+. The van der Waals surface area contributed by atoms with Gasteiger partial charge < -0.3 is 30.2 Å². The van der Waals surface area contributed by atoms with Gasteiger partial charge in [0.05, 0.1) is 24.0 Å². The van der Waals surface area contributed by atoms with E-state index in [0.29, 0.717) is 34.6 Å². The maximum absolute atomic E-state index is 14.5. The smallest absolute Gasteiger partial charge is 0.405 e. The third-order valence-corrected chi connectivity index (χ3v) is 6.27. The Morgan fingerprint density at radius 2 is 1.98 bits per heavy atom. The van der Waals surface area contributed by atoms with Gasteiger partial charge in [-0.3, -0.25) is 19.4 Å². The van der Waals surface area contributed by atoms with E-state index in [9.17, 15) is 28.7 Å². The molecule has 214 valence electrons. The van der Waals surface area contributed by atoms with Crippen LogP contribution in [0, 0.1) is 18.7 Å². The van der Waals surface area contributed by atoms with Gasteiger partial charge in [-0.05, 0) is 56.4 Å². The Labute approximate surface area is 231 Å². The summed E-state index contributed by atoms with van der Waals surface area (Å²) in [5.74, 6) is -1.10. The van der Waals surface area contributed by atoms with E-state index in [2.05, 4.69) is 20.6 Å². The summed E-state index contributed by atoms with van der Waals surface area (Å²) in [6, 6.07) is 3.60. The number of allylic oxidation sites excluding steroid dienone is 1. The van der Waals surface area contributed by atoms with E-state index >= 15 is 0 Å². The quantitative estimate of drug-likeness (QED) is 0.267. The molecule has 0 aliphatic rings. The number of carbonyl (C=O) groups excluding carboxylic acids is 2. The number of nitrogens with zero attached hydrogens (tertiary/aromatic N) is 3. The largest absolute Gasteiger partial charge is 0.465 e. The normalized spacial score (nSPS) is 12.2. The topological polar surface area (TPSA) is 149 Å². The Morgan fingerprint density at radius 1 is 1.25 bits per heavy atom. The van der Waals surface area contributed by atoms with Gasteiger partial charge in [0, 0.05) is 30.9 Å². The number of amides is 3. The Hall–Kier alpha value is -4.48. The van der Waals surface area contributed by atoms with Crippen molar-refractivity contribution in [3.8, 4) is 0 Å². The molecule has 1 unspecified atom stereocenters. The molecule has 0 saturated carbocycles. The number of halogens is 1. The van der Waals surface area contributed by atoms with Crippen molar-refractivity contribution < 1.29 is 23.9 Å². The zero-order chi connectivity index (χ0) is 29.6. The first kappa shape index (κ1) is 30.1. The lowest BCUT2D eigenvalue weighted by atomic mass is 10.1. The SMILES string of the molecule is Cc1ccc(NC(=O)C(CC/C=C/C(=O)N(C)C)NC(=O)O)c(=O)n1Cc1cc2c(F)cnc(CC(C)C)c2[nH]1. The molecule has 3 aromatic heterocycles. The fraction of sp³-hybridized carbons (Fsp3) is 0.393. The van der Waals surface area contributed by atoms with Crippen LogP contribution in [-0.4, -0.2) is 62.6 Å². The van der Waals surface area contributed by atoms with E-state index in [0.717, 1.165) is 5.69 Å². The molecule has 3 amide bonds. The zero-order valence-electron chi connectivity index (χ0n) is 23.2. The number of hydrogen-bond donors (Lipinski definition) is 4. The van der Waals surface area contributed by atoms with Crippen LogP contribution in [0.15, 0.2) is 41.3 Å². The Balaban J connectivity index is 1.82. The average molecular weight is 555 g/mol. The van der Waals surface area contributed by atoms with Gasteiger partial charge in [-0.15, -0.1) is 0 Å². The number of aromatic nitrogens is 3. The molecule has 0 fully saturated rings. The summed E-state index contributed by atoms with van der Waals surface area (Å²) < 4.78 is 15.9. The molecular weight excluding hydrogens is 519 g/mol. The van der Waals surface area contributed by atoms with Crippen LogP contribution in [0.5, 0.6) is 0 Å². The summed E-state index contributed by atoms with van der Waals surface area (Å²) >= 11 is 0. The number of fused-ring (bicyclic) bond motifs is 1. The first-order chi connectivity index (χ1) is 18.9. The lowest BCUT2D eigenvalue weighted by molar-refractivity contribution is -0.123. The highest BCUT2D eigenvalue weighted by atomic mass is 19.1. The number of carbonyl (C=O) groups is 3. The second-order valence-corrected chi connectivity index (χ2v) is 10.2. The van der Waals surface area contributed by atoms with Crippen molar-refractivity contribution in [1.29, 1.82) is 0 Å². The second-order valence-electron chi connectivity index (χ2n) is 10.2. The predicted molar refractivity (Wildman–Crippen MR) is 150 cm³/mol. The molecule has 0 aliphatic heterocycles. The number of rotatable bonds is 11. The van der Waals surface area contributed by atoms with Crippen LogP contribution >= 0.6 is 0 Å². The molecule has 3 aromatic rings. The fourth-order valence-electron chi connectivity index (χ4n) is 4.19. The second kappa shape index (κ2) is 13.0. The molecule has 11 nitrogen and oxygen atoms in total. The molecule has 0 spiro atoms. The van der Waals surface area contributed by atoms with Crippen molar-refractivity contribution in [3.63, 3.8) is 0 Å². The molecule has 12 heteroatoms. The first-order valence-electron chi connectivity index (χ1n) is 12.9. The number of hydrogen-bond acceptors (Lipinski definition) is 5. The number of likely N-dealkylation sites (N-methyl/N-ethyl adjacent to an activating group) is 1. The average Bonchev–Trinajstić information content (AvgIpc) is 3.31. The van der Waals surface area contributed by atoms with Crippen LogP contribution in [0.1, 0.15) is 43.8 Å². The zero-order valence-corrected chi connectivity index (χ0v) is 23.2. The van der Waals surface area contributed by atoms with Crippen molar-refractivity contribution in [2.75, 3.05) is 19.4 Å². The molecule has 3 rings (SSSR count). The van der Waals surface area contributed by atoms with Crippen LogP contribution in [0.3, 0.4) is 0 Å². The molecule has 0 saturated heterocycles. The number of H-pyrrole nitrogens is 1. The Kier molecular flexibility index (Phi) is 9.81. The summed E-state index contributed by atoms with van der Waals surface area (Å²) in [6.45, 7) is 5.91. The minimum atomic E-state index is -1.40. The maximum atomic E-state index is 14.5. The third-order valence-electron chi connectivity index (χ3n) is 6.27. The summed E-state index contributed by atoms with van der Waals surface area (Å²) in [4.78, 5) is 58.0. The van der Waals surface area contributed by atoms with Crippen LogP contribution in [-0.2, 0) is 22.6 Å². The van der Waals surface area contributed by atoms with Gasteiger partial charge in [0.25, 0.3) is 5.56 Å². The van der Waals surface area contributed by atoms with Crippen LogP contribution in [0.2, 0.25) is 0 Å². The van der Waals surface area contributed by atoms with Crippen molar-refractivity contribution in [2.45, 2.75) is 52.6 Å². The summed E-state index contributed by atoms with van der Waals surface area (Å²) in [5.41, 5.74) is 1.99. The molecule has 0 radical (unpaired) electrons. The lowest BCUT2D eigenvalue weighted by Gasteiger charge is -2.17. The Bertz CT molecular complexity index is 1490. The number of aromatic amines is 1. The first-order valence-corrected chi connectivity index (χ1v) is 12.9. The van der Waals surface area contributed by atoms with Crippen LogP contribution < -0.4 is 16.2 Å². The van der Waals surface area contributed by atoms with E-state index < -0.39 is 29.4 Å². The van der Waals surface area contributed by atoms with Crippen LogP contribution in [0.4, 0.5) is 14.9 Å². The van der Waals surface area contributed by atoms with E-state index in [-0.39, 0.29) is 31.0 Å². The monoisotopic (exact) mass is 554 g/mol. The minimum absolute atomic E-state index is 0.0319. The van der Waals surface area contributed by atoms with Crippen molar-refractivity contribution in [2.24, 2.45) is 5.92 Å². The number of carboxylic acid groups (broad SMARTS) is 1. The van der Waals surface area contributed by atoms with Crippen LogP contribution in [0.25, 0.3) is 10.9 Å². The van der Waals surface area contributed by atoms with Crippen molar-refractivity contribution in [1.82, 2.24) is 24.8 Å². The van der Waals surface area contributed by atoms with Gasteiger partial charge in [0.15, 0.2) is 5.82 Å². The van der Waals surface area contributed by atoms with E-state index in [1.165, 1.54) is 27.8 Å². The van der Waals surface area contributed by atoms with E-state index in [4.69, 9.17) is 0 Å². The fourth-order valence-corrected chi connectivity index (χ4v) is 4.19. The maximum Gasteiger partial charge on any atom is 0.405 e. The minimum Gasteiger partial charge on any atom is -0.465 e. The summed E-state index contributed by atoms with van der Waals surface area (Å²) in [5, 5.41) is 14.3. The van der Waals surface area contributed by atoms with E-state index in [1.54, 1.807) is 39.2 Å². The molecule has 0 bridgehead atoms. The number of pyridine rings is 2. The highest BCUT2D eigenvalue weighted by molar-refractivity contribution is 5.96. The number of anilines is 1. The summed E-state index contributed by atoms with van der Waals surface area (Å²) in [7, 11) is 3.20. The molecule has 0 aliphatic carbocycles. The molecular formula is C28H35FN6O5. The molecule has 1 atom stereocenters. The predicted octanol–water partition coefficient (Wildman–Crippen LogP) is 3.42. The lowest BCUT2D eigenvalue weighted by Crippen LogP contribution is -2.44. The molecule has 0 aromatic carbocycles. The van der Waals surface area contributed by atoms with Crippen molar-refractivity contribution >= 4 is 34.5 Å². The number of aryl methyl sites for hydroxylation is 1. The van der Waals surface area contributed by atoms with Gasteiger partial charge in [-0.25, -0.2) is 9.18 Å². The van der Waals surface area contributed by atoms with Crippen molar-refractivity contribution in [3.05, 3.63) is 69.8 Å². The third kappa shape index (κ3) is 7.55. The molecule has 40 heavy (non-hydrogen) atoms. The summed E-state index contributed by atoms with van der Waals surface area (Å²) in [6.07, 6.45) is 3.67. The van der Waals surface area contributed by atoms with Gasteiger partial charge in [0.1, 0.15) is 11.7 Å². The molecule has 3 heterocycles. The van der Waals surface area contributed by atoms with Gasteiger partial charge in [-0.1, -0.05) is 19.9 Å². The molecule has 4 N–H and O–H groups in total. The number of nitrogens with one attached hydrogen (secondary N) is 3. The van der Waals surface area contributed by atoms with Gasteiger partial charge in [0.2, 0.25) is 11.8 Å². The Morgan fingerprint density at radius 3 is 2.62 bits per heavy atom. The highest BCUT2D eigenvalue weighted by Gasteiger charge is 2.22. The van der Waals surface area contributed by atoms with Gasteiger partial charge in [-0.2, -0.15) is 0 Å². The van der Waals surface area contributed by atoms with Gasteiger partial charge >= 0.3 is 6.09 Å². The highest BCUT2D eigenvalue weighted by Crippen LogP contribution is 2.23. The van der Waals surface area contributed by atoms with E-state index in [1.807, 2.05) is 13.8 Å².